The Balaban J connectivity index is 1.78. The maximum absolute atomic E-state index is 13.6. The molecule has 2 unspecified atom stereocenters. The number of fused-ring (bicyclic) bond motifs is 1. The maximum Gasteiger partial charge on any atom is 0.303 e. The Morgan fingerprint density at radius 2 is 1.97 bits per heavy atom. The largest absolute Gasteiger partial charge is 0.481 e. The van der Waals surface area contributed by atoms with Crippen molar-refractivity contribution >= 4 is 57.7 Å². The molecule has 0 bridgehead atoms. The van der Waals surface area contributed by atoms with Crippen molar-refractivity contribution in [3.63, 3.8) is 0 Å². The van der Waals surface area contributed by atoms with Crippen LogP contribution in [-0.2, 0) is 9.59 Å². The van der Waals surface area contributed by atoms with Crippen molar-refractivity contribution in [3.8, 4) is 0 Å². The van der Waals surface area contributed by atoms with E-state index in [1.165, 1.54) is 9.30 Å². The predicted octanol–water partition coefficient (Wildman–Crippen LogP) is 3.55. The van der Waals surface area contributed by atoms with Gasteiger partial charge in [-0.25, -0.2) is 4.98 Å². The van der Waals surface area contributed by atoms with Gasteiger partial charge in [-0.15, -0.1) is 0 Å². The van der Waals surface area contributed by atoms with Crippen LogP contribution >= 0.6 is 24.0 Å². The lowest BCUT2D eigenvalue weighted by atomic mass is 9.91. The number of carboxylic acid groups (broad SMARTS) is 1. The number of rotatable bonds is 6. The molecule has 4 rings (SSSR count). The van der Waals surface area contributed by atoms with E-state index >= 15 is 0 Å². The van der Waals surface area contributed by atoms with E-state index < -0.39 is 5.97 Å². The van der Waals surface area contributed by atoms with E-state index in [4.69, 9.17) is 22.3 Å². The van der Waals surface area contributed by atoms with Crippen LogP contribution in [0.2, 0.25) is 0 Å². The highest BCUT2D eigenvalue weighted by molar-refractivity contribution is 8.26. The van der Waals surface area contributed by atoms with Crippen LogP contribution in [0.5, 0.6) is 0 Å². The summed E-state index contributed by atoms with van der Waals surface area (Å²) < 4.78 is 1.89. The van der Waals surface area contributed by atoms with Gasteiger partial charge in [-0.05, 0) is 49.3 Å². The van der Waals surface area contributed by atoms with Gasteiger partial charge in [0.05, 0.1) is 10.5 Å². The second-order valence-electron chi connectivity index (χ2n) is 9.27. The maximum atomic E-state index is 13.6. The molecule has 2 aromatic rings. The number of thiocarbonyl (C=S) groups is 1. The van der Waals surface area contributed by atoms with Gasteiger partial charge in [0, 0.05) is 32.3 Å². The average molecular weight is 501 g/mol. The Morgan fingerprint density at radius 1 is 1.26 bits per heavy atom. The first-order valence-electron chi connectivity index (χ1n) is 11.4. The molecule has 1 amide bonds. The average Bonchev–Trinajstić information content (AvgIpc) is 3.02. The molecule has 0 aliphatic carbocycles. The number of aryl methyl sites for hydroxylation is 1. The van der Waals surface area contributed by atoms with Crippen molar-refractivity contribution in [2.75, 3.05) is 24.5 Å². The van der Waals surface area contributed by atoms with Gasteiger partial charge >= 0.3 is 5.97 Å². The zero-order chi connectivity index (χ0) is 24.6. The minimum Gasteiger partial charge on any atom is -0.481 e. The Kier molecular flexibility index (Phi) is 7.09. The van der Waals surface area contributed by atoms with Crippen molar-refractivity contribution in [3.05, 3.63) is 44.7 Å². The highest BCUT2D eigenvalue weighted by Gasteiger charge is 2.33. The number of thioether (sulfide) groups is 1. The van der Waals surface area contributed by atoms with Crippen molar-refractivity contribution in [2.24, 2.45) is 11.8 Å². The Labute approximate surface area is 207 Å². The van der Waals surface area contributed by atoms with Crippen LogP contribution in [0.25, 0.3) is 11.7 Å². The fraction of sp³-hybridized carbons (Fsp3) is 0.458. The molecule has 2 saturated heterocycles. The summed E-state index contributed by atoms with van der Waals surface area (Å²) in [5.41, 5.74) is 1.64. The fourth-order valence-corrected chi connectivity index (χ4v) is 5.95. The number of carbonyl (C=O) groups excluding carboxylic acids is 1. The molecule has 2 aromatic heterocycles. The SMILES string of the molecule is Cc1ccc2nc(N3CC(C)CC(C)C3)c(/C=C3/SC(=S)N(CCCC(=O)O)C3=O)c(=O)n2c1. The number of nitrogens with zero attached hydrogens (tertiary/aromatic N) is 4. The second-order valence-corrected chi connectivity index (χ2v) is 10.9. The van der Waals surface area contributed by atoms with E-state index in [1.54, 1.807) is 12.3 Å². The molecule has 8 nitrogen and oxygen atoms in total. The molecule has 180 valence electrons. The van der Waals surface area contributed by atoms with Crippen LogP contribution in [0.1, 0.15) is 44.2 Å². The summed E-state index contributed by atoms with van der Waals surface area (Å²) in [6.45, 7) is 8.11. The molecule has 2 aliphatic heterocycles. The van der Waals surface area contributed by atoms with Crippen LogP contribution in [0, 0.1) is 18.8 Å². The Bertz CT molecular complexity index is 1250. The van der Waals surface area contributed by atoms with Gasteiger partial charge in [0.25, 0.3) is 11.5 Å². The fourth-order valence-electron chi connectivity index (χ4n) is 4.66. The van der Waals surface area contributed by atoms with Crippen molar-refractivity contribution in [2.45, 2.75) is 40.0 Å². The van der Waals surface area contributed by atoms with E-state index in [1.807, 2.05) is 19.1 Å². The zero-order valence-corrected chi connectivity index (χ0v) is 21.1. The predicted molar refractivity (Wildman–Crippen MR) is 138 cm³/mol. The first-order valence-corrected chi connectivity index (χ1v) is 12.6. The summed E-state index contributed by atoms with van der Waals surface area (Å²) in [5, 5.41) is 8.89. The minimum absolute atomic E-state index is 0.0408. The molecule has 10 heteroatoms. The third-order valence-electron chi connectivity index (χ3n) is 6.08. The van der Waals surface area contributed by atoms with Crippen LogP contribution in [0.3, 0.4) is 0 Å². The van der Waals surface area contributed by atoms with E-state index in [2.05, 4.69) is 18.7 Å². The summed E-state index contributed by atoms with van der Waals surface area (Å²) in [7, 11) is 0. The lowest BCUT2D eigenvalue weighted by molar-refractivity contribution is -0.137. The third-order valence-corrected chi connectivity index (χ3v) is 7.45. The van der Waals surface area contributed by atoms with Crippen LogP contribution in [-0.4, -0.2) is 55.2 Å². The molecule has 2 aliphatic rings. The molecule has 2 atom stereocenters. The Hall–Kier alpha value is -2.72. The summed E-state index contributed by atoms with van der Waals surface area (Å²) in [6, 6.07) is 3.76. The lowest BCUT2D eigenvalue weighted by Crippen LogP contribution is -2.40. The molecule has 0 aromatic carbocycles. The molecule has 1 N–H and O–H groups in total. The number of carboxylic acids is 1. The number of piperidine rings is 1. The quantitative estimate of drug-likeness (QED) is 0.475. The molecule has 4 heterocycles. The standard InChI is InChI=1S/C24H28N4O4S2/c1-14-6-7-19-25-21(26-11-15(2)9-16(3)12-26)17(22(31)28(19)13-14)10-18-23(32)27(24(33)34-18)8-4-5-20(29)30/h6-7,10,13,15-16H,4-5,8-9,11-12H2,1-3H3,(H,29,30)/b18-10+. The second kappa shape index (κ2) is 9.87. The summed E-state index contributed by atoms with van der Waals surface area (Å²) >= 11 is 6.51. The Morgan fingerprint density at radius 3 is 2.65 bits per heavy atom. The smallest absolute Gasteiger partial charge is 0.303 e. The van der Waals surface area contributed by atoms with Gasteiger partial charge in [0.1, 0.15) is 15.8 Å². The van der Waals surface area contributed by atoms with Crippen molar-refractivity contribution in [1.82, 2.24) is 14.3 Å². The molecule has 0 radical (unpaired) electrons. The van der Waals surface area contributed by atoms with Gasteiger partial charge in [0.15, 0.2) is 0 Å². The number of pyridine rings is 1. The lowest BCUT2D eigenvalue weighted by Gasteiger charge is -2.36. The summed E-state index contributed by atoms with van der Waals surface area (Å²) in [5.74, 6) is 0.287. The van der Waals surface area contributed by atoms with Crippen molar-refractivity contribution < 1.29 is 14.7 Å². The number of amides is 1. The topological polar surface area (TPSA) is 95.2 Å². The van der Waals surface area contributed by atoms with E-state index in [9.17, 15) is 14.4 Å². The number of hydrogen-bond donors (Lipinski definition) is 1. The highest BCUT2D eigenvalue weighted by atomic mass is 32.2. The first kappa shape index (κ1) is 24.4. The number of anilines is 1. The van der Waals surface area contributed by atoms with Crippen LogP contribution in [0.4, 0.5) is 5.82 Å². The van der Waals surface area contributed by atoms with Crippen LogP contribution in [0.15, 0.2) is 28.0 Å². The van der Waals surface area contributed by atoms with Crippen molar-refractivity contribution in [1.29, 1.82) is 0 Å². The molecule has 0 spiro atoms. The monoisotopic (exact) mass is 500 g/mol. The number of aromatic nitrogens is 2. The molecule has 2 fully saturated rings. The molecular formula is C24H28N4O4S2. The van der Waals surface area contributed by atoms with E-state index in [-0.39, 0.29) is 24.4 Å². The summed E-state index contributed by atoms with van der Waals surface area (Å²) in [6.07, 6.45) is 4.75. The number of aliphatic carboxylic acids is 1. The molecule has 34 heavy (non-hydrogen) atoms. The molecule has 0 saturated carbocycles. The zero-order valence-electron chi connectivity index (χ0n) is 19.5. The van der Waals surface area contributed by atoms with E-state index in [0.29, 0.717) is 44.5 Å². The van der Waals surface area contributed by atoms with Gasteiger partial charge in [0.2, 0.25) is 0 Å². The van der Waals surface area contributed by atoms with Gasteiger partial charge in [-0.2, -0.15) is 0 Å². The first-order chi connectivity index (χ1) is 16.1. The molecular weight excluding hydrogens is 472 g/mol. The number of hydrogen-bond acceptors (Lipinski definition) is 7. The van der Waals surface area contributed by atoms with Gasteiger partial charge in [-0.3, -0.25) is 23.7 Å². The van der Waals surface area contributed by atoms with E-state index in [0.717, 1.165) is 36.8 Å². The summed E-state index contributed by atoms with van der Waals surface area (Å²) in [4.78, 5) is 46.3. The van der Waals surface area contributed by atoms with Gasteiger partial charge < -0.3 is 10.0 Å². The number of carbonyl (C=O) groups is 2. The third kappa shape index (κ3) is 5.02. The highest BCUT2D eigenvalue weighted by Crippen LogP contribution is 2.34. The minimum atomic E-state index is -0.916. The van der Waals surface area contributed by atoms with Crippen LogP contribution < -0.4 is 10.5 Å². The van der Waals surface area contributed by atoms with Gasteiger partial charge in [-0.1, -0.05) is 43.9 Å². The normalized spacial score (nSPS) is 22.3.